The van der Waals surface area contributed by atoms with Gasteiger partial charge in [-0.2, -0.15) is 0 Å². The first kappa shape index (κ1) is 64.3. The lowest BCUT2D eigenvalue weighted by Gasteiger charge is -2.21. The Hall–Kier alpha value is -5.83. The predicted octanol–water partition coefficient (Wildman–Crippen LogP) is 1.47. The van der Waals surface area contributed by atoms with E-state index in [9.17, 15) is 33.6 Å². The molecular formula is C42H60O19. The maximum Gasteiger partial charge on any atom is 0.368 e. The Balaban J connectivity index is -0.000000206. The van der Waals surface area contributed by atoms with Crippen LogP contribution in [0.1, 0.15) is 60.5 Å². The summed E-state index contributed by atoms with van der Waals surface area (Å²) < 4.78 is 23.9. The van der Waals surface area contributed by atoms with Crippen molar-refractivity contribution in [3.8, 4) is 5.75 Å². The van der Waals surface area contributed by atoms with Gasteiger partial charge >= 0.3 is 5.97 Å². The molecule has 2 aromatic rings. The summed E-state index contributed by atoms with van der Waals surface area (Å²) in [5.41, 5.74) is 2.64. The number of aliphatic carboxylic acids is 1. The lowest BCUT2D eigenvalue weighted by Crippen LogP contribution is -2.37. The largest absolute Gasteiger partial charge is 0.497 e. The van der Waals surface area contributed by atoms with E-state index in [4.69, 9.17) is 53.4 Å². The lowest BCUT2D eigenvalue weighted by molar-refractivity contribution is -0.143. The second kappa shape index (κ2) is 52.2. The summed E-state index contributed by atoms with van der Waals surface area (Å²) in [5.74, 6) is -0.657. The van der Waals surface area contributed by atoms with Gasteiger partial charge in [0.05, 0.1) is 20.3 Å². The van der Waals surface area contributed by atoms with E-state index in [0.29, 0.717) is 43.7 Å². The number of carboxylic acid groups (broad SMARTS) is 1. The molecule has 4 unspecified atom stereocenters. The highest BCUT2D eigenvalue weighted by atomic mass is 16.6. The van der Waals surface area contributed by atoms with Crippen LogP contribution in [0.15, 0.2) is 48.5 Å². The number of aliphatic hydroxyl groups is 2. The number of benzene rings is 2. The fraction of sp³-hybridized carbons (Fsp3) is 0.452. The standard InChI is InChI=1S/C10H10O2.C8H14O5.C8H8O2.C8H16O2.C4H8O3.C2H2O3.C2H2O2/c11-7-5-9-1-2-10(4-3-9)6-8-12;1-6(3-9)13-8(5-11)7(4-10)12-2;1-10-8-4-2-7(6-9)3-5-8;1-10-8-6-4-2-3-5-7-9;1-7-3-4(6)2-5;3-1-2(4)5;3-1-2-4/h1-4,7-8H,5-6H2;3-4,6-8,11H,5H2,1-2H3;2-6H,1H3;7H,2-6,8H2,1H3;2,4,6H,3H2,1H3;1H,(H,4,5);1-2H. The van der Waals surface area contributed by atoms with Crippen molar-refractivity contribution < 1.29 is 91.7 Å². The van der Waals surface area contributed by atoms with E-state index in [1.807, 2.05) is 24.3 Å². The zero-order valence-electron chi connectivity index (χ0n) is 35.1. The minimum atomic E-state index is -1.43. The molecule has 0 heterocycles. The van der Waals surface area contributed by atoms with Crippen molar-refractivity contribution in [3.63, 3.8) is 0 Å². The predicted molar refractivity (Wildman–Crippen MR) is 220 cm³/mol. The van der Waals surface area contributed by atoms with Gasteiger partial charge in [0.15, 0.2) is 25.1 Å². The quantitative estimate of drug-likeness (QED) is 0.0723. The molecule has 0 saturated carbocycles. The second-order valence-electron chi connectivity index (χ2n) is 11.2. The van der Waals surface area contributed by atoms with Crippen LogP contribution in [0.2, 0.25) is 0 Å². The summed E-state index contributed by atoms with van der Waals surface area (Å²) in [6.45, 7) is 2.09. The maximum atomic E-state index is 10.4. The van der Waals surface area contributed by atoms with Crippen molar-refractivity contribution in [1.82, 2.24) is 0 Å². The summed E-state index contributed by atoms with van der Waals surface area (Å²) in [5, 5.41) is 24.5. The minimum absolute atomic E-state index is 0.0868. The number of hydrogen-bond acceptors (Lipinski definition) is 18. The Kier molecular flexibility index (Phi) is 55.0. The summed E-state index contributed by atoms with van der Waals surface area (Å²) in [6.07, 6.45) is 8.15. The van der Waals surface area contributed by atoms with E-state index < -0.39 is 30.4 Å². The van der Waals surface area contributed by atoms with Crippen molar-refractivity contribution in [1.29, 1.82) is 0 Å². The number of carboxylic acids is 1. The highest BCUT2D eigenvalue weighted by molar-refractivity contribution is 6.19. The van der Waals surface area contributed by atoms with Gasteiger partial charge < -0.3 is 67.8 Å². The van der Waals surface area contributed by atoms with Gasteiger partial charge in [0.2, 0.25) is 6.29 Å². The molecule has 61 heavy (non-hydrogen) atoms. The third-order valence-corrected chi connectivity index (χ3v) is 6.52. The van der Waals surface area contributed by atoms with Crippen LogP contribution in [0.5, 0.6) is 5.75 Å². The molecule has 0 aliphatic heterocycles. The summed E-state index contributed by atoms with van der Waals surface area (Å²) >= 11 is 0. The Bertz CT molecular complexity index is 1360. The second-order valence-corrected chi connectivity index (χ2v) is 11.2. The molecule has 4 atom stereocenters. The SMILES string of the molecule is COC(C=O)C(CO)OC(C)C=O.COCC(O)C=O.COCCCCCCC=O.COc1ccc(C=O)cc1.O=CC(=O)O.O=CC=O.O=CCc1ccc(CC=O)cc1. The van der Waals surface area contributed by atoms with Crippen LogP contribution < -0.4 is 4.74 Å². The lowest BCUT2D eigenvalue weighted by atomic mass is 10.1. The summed E-state index contributed by atoms with van der Waals surface area (Å²) in [4.78, 5) is 106. The molecule has 0 aromatic heterocycles. The third kappa shape index (κ3) is 48.4. The first-order valence-corrected chi connectivity index (χ1v) is 18.2. The first-order chi connectivity index (χ1) is 29.3. The van der Waals surface area contributed by atoms with Crippen molar-refractivity contribution >= 4 is 68.8 Å². The molecular weight excluding hydrogens is 808 g/mol. The number of aldehydes is 10. The van der Waals surface area contributed by atoms with Crippen LogP contribution in [0, 0.1) is 0 Å². The third-order valence-electron chi connectivity index (χ3n) is 6.52. The van der Waals surface area contributed by atoms with Gasteiger partial charge in [0.25, 0.3) is 0 Å². The van der Waals surface area contributed by atoms with E-state index in [2.05, 4.69) is 4.74 Å². The minimum Gasteiger partial charge on any atom is -0.497 e. The Morgan fingerprint density at radius 3 is 1.48 bits per heavy atom. The van der Waals surface area contributed by atoms with E-state index in [1.165, 1.54) is 27.6 Å². The number of carbonyl (C=O) groups is 11. The van der Waals surface area contributed by atoms with Gasteiger partial charge in [-0.25, -0.2) is 4.79 Å². The number of methoxy groups -OCH3 is 4. The fourth-order valence-electron chi connectivity index (χ4n) is 3.55. The molecule has 342 valence electrons. The van der Waals surface area contributed by atoms with Crippen LogP contribution in [-0.2, 0) is 79.7 Å². The number of unbranched alkanes of at least 4 members (excludes halogenated alkanes) is 4. The van der Waals surface area contributed by atoms with E-state index in [0.717, 1.165) is 67.9 Å². The van der Waals surface area contributed by atoms with Crippen molar-refractivity contribution in [2.45, 2.75) is 76.3 Å². The number of rotatable bonds is 25. The summed E-state index contributed by atoms with van der Waals surface area (Å²) in [7, 11) is 6.06. The van der Waals surface area contributed by atoms with E-state index in [1.54, 1.807) is 38.5 Å². The average Bonchev–Trinajstić information content (AvgIpc) is 3.29. The molecule has 0 saturated heterocycles. The molecule has 0 fully saturated rings. The molecule has 0 aliphatic rings. The molecule has 3 N–H and O–H groups in total. The zero-order chi connectivity index (χ0) is 47.5. The van der Waals surface area contributed by atoms with Crippen LogP contribution in [0.4, 0.5) is 0 Å². The van der Waals surface area contributed by atoms with Gasteiger partial charge in [-0.15, -0.1) is 0 Å². The van der Waals surface area contributed by atoms with Gasteiger partial charge in [-0.1, -0.05) is 37.1 Å². The monoisotopic (exact) mass is 868 g/mol. The molecule has 19 nitrogen and oxygen atoms in total. The normalized spacial score (nSPS) is 11.0. The van der Waals surface area contributed by atoms with Crippen molar-refractivity contribution in [3.05, 3.63) is 65.2 Å². The van der Waals surface area contributed by atoms with E-state index in [-0.39, 0.29) is 32.1 Å². The summed E-state index contributed by atoms with van der Waals surface area (Å²) in [6, 6.07) is 14.4. The molecule has 0 amide bonds. The molecule has 19 heteroatoms. The van der Waals surface area contributed by atoms with Crippen LogP contribution in [0.25, 0.3) is 0 Å². The fourth-order valence-corrected chi connectivity index (χ4v) is 3.55. The first-order valence-electron chi connectivity index (χ1n) is 18.2. The van der Waals surface area contributed by atoms with Gasteiger partial charge in [0.1, 0.15) is 61.6 Å². The van der Waals surface area contributed by atoms with Gasteiger partial charge in [0, 0.05) is 52.8 Å². The highest BCUT2D eigenvalue weighted by Crippen LogP contribution is 2.09. The Morgan fingerprint density at radius 1 is 0.672 bits per heavy atom. The Morgan fingerprint density at radius 2 is 1.18 bits per heavy atom. The zero-order valence-corrected chi connectivity index (χ0v) is 35.1. The number of ether oxygens (including phenoxy) is 5. The smallest absolute Gasteiger partial charge is 0.368 e. The molecule has 0 spiro atoms. The van der Waals surface area contributed by atoms with Crippen LogP contribution in [-0.4, -0.2) is 157 Å². The highest BCUT2D eigenvalue weighted by Gasteiger charge is 2.22. The van der Waals surface area contributed by atoms with Crippen LogP contribution >= 0.6 is 0 Å². The topological polar surface area (TPSA) is 295 Å². The molecule has 0 radical (unpaired) electrons. The number of carbonyl (C=O) groups excluding carboxylic acids is 10. The van der Waals surface area contributed by atoms with Crippen molar-refractivity contribution in [2.24, 2.45) is 0 Å². The number of hydrogen-bond donors (Lipinski definition) is 3. The molecule has 2 rings (SSSR count). The van der Waals surface area contributed by atoms with Crippen LogP contribution in [0.3, 0.4) is 0 Å². The maximum absolute atomic E-state index is 10.4. The van der Waals surface area contributed by atoms with Gasteiger partial charge in [-0.3, -0.25) is 19.2 Å². The molecule has 0 aliphatic carbocycles. The number of aliphatic hydroxyl groups excluding tert-OH is 2. The van der Waals surface area contributed by atoms with Gasteiger partial charge in [-0.05, 0) is 55.2 Å². The van der Waals surface area contributed by atoms with Crippen molar-refractivity contribution in [2.75, 3.05) is 48.3 Å². The average molecular weight is 869 g/mol. The van der Waals surface area contributed by atoms with E-state index >= 15 is 0 Å². The molecule has 2 aromatic carbocycles. The Labute approximate surface area is 355 Å². The molecule has 0 bridgehead atoms.